The maximum Gasteiger partial charge on any atom is 0.306 e. The number of allylic oxidation sites excluding steroid dienone is 2. The fraction of sp³-hybridized carbons (Fsp3) is 0.893. The zero-order valence-corrected chi connectivity index (χ0v) is 21.9. The molecule has 0 aromatic heterocycles. The summed E-state index contributed by atoms with van der Waals surface area (Å²) in [6.45, 7) is 7.38. The molecule has 1 saturated heterocycles. The highest BCUT2D eigenvalue weighted by Gasteiger charge is 2.44. The van der Waals surface area contributed by atoms with Crippen molar-refractivity contribution in [2.75, 3.05) is 19.8 Å². The van der Waals surface area contributed by atoms with Gasteiger partial charge in [0.1, 0.15) is 0 Å². The first-order valence-corrected chi connectivity index (χ1v) is 13.8. The van der Waals surface area contributed by atoms with Crippen molar-refractivity contribution in [2.45, 2.75) is 122 Å². The predicted molar refractivity (Wildman–Crippen MR) is 134 cm³/mol. The molecule has 6 nitrogen and oxygen atoms in total. The first-order chi connectivity index (χ1) is 16.4. The summed E-state index contributed by atoms with van der Waals surface area (Å²) in [4.78, 5) is 11.6. The third kappa shape index (κ3) is 9.96. The van der Waals surface area contributed by atoms with Gasteiger partial charge < -0.3 is 24.4 Å². The number of carbonyl (C=O) groups is 1. The number of unbranched alkanes of at least 4 members (excludes halogenated alkanes) is 5. The number of esters is 1. The van der Waals surface area contributed by atoms with Crippen LogP contribution in [0.25, 0.3) is 0 Å². The SMILES string of the molecule is CCCCCCCC1(CCC2C(CO)CC(O)C2C/C=C/CCCC(=O)OC(C)C)OCCO1. The molecule has 0 aromatic rings. The first kappa shape index (κ1) is 29.3. The molecule has 2 aliphatic rings. The topological polar surface area (TPSA) is 85.2 Å². The van der Waals surface area contributed by atoms with Crippen molar-refractivity contribution in [2.24, 2.45) is 17.8 Å². The quantitative estimate of drug-likeness (QED) is 0.161. The highest BCUT2D eigenvalue weighted by Crippen LogP contribution is 2.44. The van der Waals surface area contributed by atoms with Crippen LogP contribution in [0.5, 0.6) is 0 Å². The van der Waals surface area contributed by atoms with E-state index < -0.39 is 5.79 Å². The van der Waals surface area contributed by atoms with Gasteiger partial charge in [-0.05, 0) is 70.1 Å². The summed E-state index contributed by atoms with van der Waals surface area (Å²) in [6.07, 6.45) is 16.1. The third-order valence-corrected chi connectivity index (χ3v) is 7.46. The van der Waals surface area contributed by atoms with Gasteiger partial charge in [0.15, 0.2) is 5.79 Å². The molecular weight excluding hydrogens is 432 g/mol. The van der Waals surface area contributed by atoms with E-state index in [2.05, 4.69) is 19.1 Å². The molecule has 0 spiro atoms. The average molecular weight is 483 g/mol. The molecule has 0 amide bonds. The van der Waals surface area contributed by atoms with Crippen LogP contribution in [0.1, 0.15) is 104 Å². The molecule has 0 radical (unpaired) electrons. The Labute approximate surface area is 207 Å². The van der Waals surface area contributed by atoms with E-state index in [9.17, 15) is 15.0 Å². The zero-order chi connectivity index (χ0) is 24.8. The monoisotopic (exact) mass is 482 g/mol. The molecule has 2 N–H and O–H groups in total. The van der Waals surface area contributed by atoms with Crippen LogP contribution in [-0.2, 0) is 19.0 Å². The van der Waals surface area contributed by atoms with Gasteiger partial charge in [0, 0.05) is 25.9 Å². The molecule has 6 heteroatoms. The second-order valence-corrected chi connectivity index (χ2v) is 10.5. The van der Waals surface area contributed by atoms with Crippen LogP contribution in [0.2, 0.25) is 0 Å². The van der Waals surface area contributed by atoms with Crippen molar-refractivity contribution >= 4 is 5.97 Å². The Kier molecular flexibility index (Phi) is 13.7. The fourth-order valence-corrected chi connectivity index (χ4v) is 5.64. The van der Waals surface area contributed by atoms with E-state index in [4.69, 9.17) is 14.2 Å². The molecule has 198 valence electrons. The van der Waals surface area contributed by atoms with Gasteiger partial charge in [-0.2, -0.15) is 0 Å². The Bertz CT molecular complexity index is 583. The summed E-state index contributed by atoms with van der Waals surface area (Å²) in [6, 6.07) is 0. The molecule has 2 rings (SSSR count). The van der Waals surface area contributed by atoms with E-state index in [-0.39, 0.29) is 42.5 Å². The zero-order valence-electron chi connectivity index (χ0n) is 21.9. The Hall–Kier alpha value is -0.950. The van der Waals surface area contributed by atoms with Gasteiger partial charge in [-0.3, -0.25) is 4.79 Å². The van der Waals surface area contributed by atoms with Gasteiger partial charge in [-0.1, -0.05) is 44.8 Å². The molecule has 0 bridgehead atoms. The minimum atomic E-state index is -0.481. The maximum absolute atomic E-state index is 11.6. The predicted octanol–water partition coefficient (Wildman–Crippen LogP) is 5.54. The van der Waals surface area contributed by atoms with E-state index in [1.807, 2.05) is 13.8 Å². The molecule has 34 heavy (non-hydrogen) atoms. The van der Waals surface area contributed by atoms with Gasteiger partial charge in [-0.25, -0.2) is 0 Å². The highest BCUT2D eigenvalue weighted by molar-refractivity contribution is 5.69. The summed E-state index contributed by atoms with van der Waals surface area (Å²) in [5.74, 6) is -0.0962. The summed E-state index contributed by atoms with van der Waals surface area (Å²) in [5.41, 5.74) is 0. The smallest absolute Gasteiger partial charge is 0.306 e. The van der Waals surface area contributed by atoms with Crippen LogP contribution in [-0.4, -0.2) is 54.0 Å². The van der Waals surface area contributed by atoms with E-state index >= 15 is 0 Å². The Morgan fingerprint density at radius 1 is 1.06 bits per heavy atom. The summed E-state index contributed by atoms with van der Waals surface area (Å²) in [7, 11) is 0. The lowest BCUT2D eigenvalue weighted by Gasteiger charge is -2.31. The summed E-state index contributed by atoms with van der Waals surface area (Å²) < 4.78 is 17.4. The second-order valence-electron chi connectivity index (χ2n) is 10.5. The van der Waals surface area contributed by atoms with Crippen molar-refractivity contribution in [1.29, 1.82) is 0 Å². The average Bonchev–Trinajstić information content (AvgIpc) is 3.38. The number of aliphatic hydroxyl groups is 2. The van der Waals surface area contributed by atoms with Crippen LogP contribution >= 0.6 is 0 Å². The maximum atomic E-state index is 11.6. The standard InChI is InChI=1S/C28H50O6/c1-4-5-6-9-12-16-28(32-18-19-33-28)17-15-24-23(21-29)20-26(30)25(24)13-10-7-8-11-14-27(31)34-22(2)3/h7,10,22-26,29-30H,4-6,8-9,11-21H2,1-3H3/b10-7+. The van der Waals surface area contributed by atoms with Gasteiger partial charge in [0.25, 0.3) is 0 Å². The second kappa shape index (κ2) is 15.9. The molecule has 1 aliphatic carbocycles. The third-order valence-electron chi connectivity index (χ3n) is 7.46. The number of aliphatic hydroxyl groups excluding tert-OH is 2. The molecule has 1 heterocycles. The summed E-state index contributed by atoms with van der Waals surface area (Å²) in [5, 5.41) is 20.7. The Morgan fingerprint density at radius 3 is 2.47 bits per heavy atom. The molecule has 2 fully saturated rings. The minimum absolute atomic E-state index is 0.0662. The fourth-order valence-electron chi connectivity index (χ4n) is 5.64. The van der Waals surface area contributed by atoms with E-state index in [0.717, 1.165) is 44.9 Å². The Morgan fingerprint density at radius 2 is 1.79 bits per heavy atom. The number of rotatable bonds is 17. The van der Waals surface area contributed by atoms with Crippen molar-refractivity contribution < 1.29 is 29.2 Å². The largest absolute Gasteiger partial charge is 0.463 e. The highest BCUT2D eigenvalue weighted by atomic mass is 16.7. The lowest BCUT2D eigenvalue weighted by Crippen LogP contribution is -2.32. The molecule has 1 aliphatic heterocycles. The van der Waals surface area contributed by atoms with Crippen molar-refractivity contribution in [3.8, 4) is 0 Å². The molecule has 4 atom stereocenters. The molecule has 0 aromatic carbocycles. The normalized spacial score (nSPS) is 26.6. The number of hydrogen-bond acceptors (Lipinski definition) is 6. The van der Waals surface area contributed by atoms with Crippen LogP contribution in [0, 0.1) is 17.8 Å². The van der Waals surface area contributed by atoms with Crippen molar-refractivity contribution in [3.63, 3.8) is 0 Å². The van der Waals surface area contributed by atoms with Gasteiger partial charge in [-0.15, -0.1) is 0 Å². The van der Waals surface area contributed by atoms with Crippen LogP contribution < -0.4 is 0 Å². The Balaban J connectivity index is 1.83. The van der Waals surface area contributed by atoms with Crippen molar-refractivity contribution in [1.82, 2.24) is 0 Å². The van der Waals surface area contributed by atoms with Crippen LogP contribution in [0.4, 0.5) is 0 Å². The van der Waals surface area contributed by atoms with E-state index in [1.165, 1.54) is 25.7 Å². The van der Waals surface area contributed by atoms with Gasteiger partial charge in [0.2, 0.25) is 0 Å². The van der Waals surface area contributed by atoms with Crippen LogP contribution in [0.3, 0.4) is 0 Å². The van der Waals surface area contributed by atoms with Gasteiger partial charge >= 0.3 is 5.97 Å². The minimum Gasteiger partial charge on any atom is -0.463 e. The first-order valence-electron chi connectivity index (χ1n) is 13.8. The number of ether oxygens (including phenoxy) is 3. The molecule has 1 saturated carbocycles. The molecular formula is C28H50O6. The lowest BCUT2D eigenvalue weighted by atomic mass is 9.82. The number of carbonyl (C=O) groups excluding carboxylic acids is 1. The van der Waals surface area contributed by atoms with Gasteiger partial charge in [0.05, 0.1) is 25.4 Å². The van der Waals surface area contributed by atoms with Crippen molar-refractivity contribution in [3.05, 3.63) is 12.2 Å². The van der Waals surface area contributed by atoms with Crippen LogP contribution in [0.15, 0.2) is 12.2 Å². The van der Waals surface area contributed by atoms with E-state index in [0.29, 0.717) is 26.1 Å². The van der Waals surface area contributed by atoms with E-state index in [1.54, 1.807) is 0 Å². The lowest BCUT2D eigenvalue weighted by molar-refractivity contribution is -0.171. The molecule has 4 unspecified atom stereocenters. The number of hydrogen-bond donors (Lipinski definition) is 2. The summed E-state index contributed by atoms with van der Waals surface area (Å²) >= 11 is 0.